The summed E-state index contributed by atoms with van der Waals surface area (Å²) in [5.41, 5.74) is 9.14. The average Bonchev–Trinajstić information content (AvgIpc) is 3.60. The number of benzene rings is 5. The summed E-state index contributed by atoms with van der Waals surface area (Å²) in [5, 5.41) is 8.82. The van der Waals surface area contributed by atoms with Gasteiger partial charge in [-0.3, -0.25) is 0 Å². The number of hydrogen-bond acceptors (Lipinski definition) is 2. The van der Waals surface area contributed by atoms with Gasteiger partial charge in [-0.25, -0.2) is 4.99 Å². The van der Waals surface area contributed by atoms with Crippen LogP contribution in [0.25, 0.3) is 49.3 Å². The highest BCUT2D eigenvalue weighted by Gasteiger charge is 2.25. The van der Waals surface area contributed by atoms with Crippen molar-refractivity contribution in [2.24, 2.45) is 4.99 Å². The Labute approximate surface area is 255 Å². The fourth-order valence-corrected chi connectivity index (χ4v) is 7.06. The van der Waals surface area contributed by atoms with E-state index in [0.717, 1.165) is 34.5 Å². The maximum absolute atomic E-state index is 5.36. The standard InChI is InChI=1S/C40H30N4/c1-4-14-27(15-5-1)34-26-35(28-16-6-2-7-17-28)42-40(41-34)44-37-23-13-11-21-31(37)33-24-38-32(25-39(33)44)30-20-10-12-22-36(30)43(38)29-18-8-3-9-19-29/h1-18,20-26,29,40-41H,19H2. The highest BCUT2D eigenvalue weighted by atomic mass is 15.3. The molecule has 210 valence electrons. The zero-order chi connectivity index (χ0) is 29.0. The van der Waals surface area contributed by atoms with Crippen LogP contribution in [0.5, 0.6) is 0 Å². The van der Waals surface area contributed by atoms with E-state index in [1.54, 1.807) is 0 Å². The van der Waals surface area contributed by atoms with Crippen molar-refractivity contribution in [1.82, 2.24) is 14.5 Å². The number of hydrogen-bond donors (Lipinski definition) is 1. The van der Waals surface area contributed by atoms with Crippen LogP contribution in [0.15, 0.2) is 157 Å². The first-order valence-corrected chi connectivity index (χ1v) is 15.3. The van der Waals surface area contributed by atoms with Gasteiger partial charge in [0.2, 0.25) is 6.29 Å². The molecule has 5 aromatic carbocycles. The normalized spacial score (nSPS) is 18.2. The van der Waals surface area contributed by atoms with E-state index in [-0.39, 0.29) is 12.3 Å². The van der Waals surface area contributed by atoms with Crippen LogP contribution in [0.3, 0.4) is 0 Å². The van der Waals surface area contributed by atoms with Gasteiger partial charge in [0.15, 0.2) is 0 Å². The minimum Gasteiger partial charge on any atom is -0.346 e. The maximum Gasteiger partial charge on any atom is 0.201 e. The van der Waals surface area contributed by atoms with Crippen LogP contribution in [0.1, 0.15) is 29.9 Å². The Morgan fingerprint density at radius 1 is 0.568 bits per heavy atom. The number of aromatic nitrogens is 2. The molecule has 0 fully saturated rings. The van der Waals surface area contributed by atoms with Gasteiger partial charge in [-0.1, -0.05) is 121 Å². The summed E-state index contributed by atoms with van der Waals surface area (Å²) in [7, 11) is 0. The Morgan fingerprint density at radius 3 is 1.82 bits per heavy atom. The van der Waals surface area contributed by atoms with E-state index in [9.17, 15) is 0 Å². The molecule has 1 N–H and O–H groups in total. The fourth-order valence-electron chi connectivity index (χ4n) is 7.06. The molecule has 0 radical (unpaired) electrons. The molecule has 4 nitrogen and oxygen atoms in total. The van der Waals surface area contributed by atoms with E-state index < -0.39 is 0 Å². The summed E-state index contributed by atoms with van der Waals surface area (Å²) >= 11 is 0. The monoisotopic (exact) mass is 566 g/mol. The predicted octanol–water partition coefficient (Wildman–Crippen LogP) is 9.55. The van der Waals surface area contributed by atoms with Crippen molar-refractivity contribution < 1.29 is 0 Å². The highest BCUT2D eigenvalue weighted by Crippen LogP contribution is 2.41. The molecule has 0 amide bonds. The number of fused-ring (bicyclic) bond motifs is 6. The zero-order valence-corrected chi connectivity index (χ0v) is 24.1. The van der Waals surface area contributed by atoms with E-state index in [0.29, 0.717) is 0 Å². The molecule has 2 aromatic heterocycles. The Balaban J connectivity index is 1.32. The minimum absolute atomic E-state index is 0.282. The highest BCUT2D eigenvalue weighted by molar-refractivity contribution is 6.18. The first-order chi connectivity index (χ1) is 21.8. The molecule has 0 bridgehead atoms. The molecule has 7 aromatic rings. The molecule has 2 unspecified atom stereocenters. The van der Waals surface area contributed by atoms with Gasteiger partial charge in [-0.05, 0) is 47.9 Å². The average molecular weight is 567 g/mol. The van der Waals surface area contributed by atoms with Crippen molar-refractivity contribution in [1.29, 1.82) is 0 Å². The number of nitrogens with zero attached hydrogens (tertiary/aromatic N) is 3. The van der Waals surface area contributed by atoms with Crippen molar-refractivity contribution in [3.63, 3.8) is 0 Å². The maximum atomic E-state index is 5.36. The zero-order valence-electron chi connectivity index (χ0n) is 24.1. The third-order valence-electron chi connectivity index (χ3n) is 9.06. The smallest absolute Gasteiger partial charge is 0.201 e. The second-order valence-corrected chi connectivity index (χ2v) is 11.6. The van der Waals surface area contributed by atoms with Gasteiger partial charge in [0, 0.05) is 32.8 Å². The number of allylic oxidation sites excluding steroid dienone is 5. The topological polar surface area (TPSA) is 34.2 Å². The Morgan fingerprint density at radius 2 is 1.16 bits per heavy atom. The SMILES string of the molecule is C1=CCC(n2c3ccccc3c3cc4c(cc32)c2ccccc2n4C2N=C(c3ccccc3)C=C(c3ccccc3)N2)C=C1. The summed E-state index contributed by atoms with van der Waals surface area (Å²) < 4.78 is 4.91. The molecule has 9 rings (SSSR count). The van der Waals surface area contributed by atoms with Crippen LogP contribution in [-0.2, 0) is 0 Å². The van der Waals surface area contributed by atoms with Crippen LogP contribution in [0.2, 0.25) is 0 Å². The van der Waals surface area contributed by atoms with E-state index in [1.165, 1.54) is 38.1 Å². The molecule has 2 atom stereocenters. The Hall–Kier alpha value is -5.61. The molecule has 44 heavy (non-hydrogen) atoms. The van der Waals surface area contributed by atoms with E-state index in [2.05, 4.69) is 166 Å². The second-order valence-electron chi connectivity index (χ2n) is 11.6. The van der Waals surface area contributed by atoms with Crippen LogP contribution in [-0.4, -0.2) is 14.8 Å². The number of nitrogens with one attached hydrogen (secondary N) is 1. The van der Waals surface area contributed by atoms with Crippen molar-refractivity contribution in [2.75, 3.05) is 0 Å². The second kappa shape index (κ2) is 9.99. The number of aliphatic imine (C=N–C) groups is 1. The lowest BCUT2D eigenvalue weighted by Crippen LogP contribution is -2.29. The number of rotatable bonds is 4. The van der Waals surface area contributed by atoms with Crippen molar-refractivity contribution >= 4 is 55.0 Å². The summed E-state index contributed by atoms with van der Waals surface area (Å²) in [6.07, 6.45) is 11.7. The van der Waals surface area contributed by atoms with Gasteiger partial charge >= 0.3 is 0 Å². The van der Waals surface area contributed by atoms with Gasteiger partial charge < -0.3 is 14.5 Å². The van der Waals surface area contributed by atoms with Gasteiger partial charge in [-0.2, -0.15) is 0 Å². The third kappa shape index (κ3) is 3.88. The lowest BCUT2D eigenvalue weighted by molar-refractivity contribution is 0.508. The van der Waals surface area contributed by atoms with E-state index in [4.69, 9.17) is 4.99 Å². The van der Waals surface area contributed by atoms with Crippen LogP contribution in [0.4, 0.5) is 0 Å². The molecule has 0 saturated heterocycles. The summed E-state index contributed by atoms with van der Waals surface area (Å²) in [5.74, 6) is 0. The van der Waals surface area contributed by atoms with Crippen LogP contribution in [0, 0.1) is 0 Å². The first kappa shape index (κ1) is 24.9. The first-order valence-electron chi connectivity index (χ1n) is 15.3. The van der Waals surface area contributed by atoms with E-state index in [1.807, 2.05) is 0 Å². The molecule has 0 spiro atoms. The molecule has 1 aliphatic heterocycles. The molecule has 4 heteroatoms. The van der Waals surface area contributed by atoms with Crippen molar-refractivity contribution in [3.8, 4) is 0 Å². The minimum atomic E-state index is -0.329. The molecule has 3 heterocycles. The Kier molecular flexibility index (Phi) is 5.66. The van der Waals surface area contributed by atoms with Crippen LogP contribution < -0.4 is 5.32 Å². The molecular formula is C40H30N4. The quantitative estimate of drug-likeness (QED) is 0.226. The van der Waals surface area contributed by atoms with Gasteiger partial charge in [0.05, 0.1) is 28.3 Å². The van der Waals surface area contributed by atoms with Crippen LogP contribution >= 0.6 is 0 Å². The lowest BCUT2D eigenvalue weighted by atomic mass is 10.0. The molecule has 1 aliphatic carbocycles. The van der Waals surface area contributed by atoms with Crippen molar-refractivity contribution in [3.05, 3.63) is 163 Å². The molecule has 2 aliphatic rings. The lowest BCUT2D eigenvalue weighted by Gasteiger charge is -2.27. The fraction of sp³-hybridized carbons (Fsp3) is 0.0750. The van der Waals surface area contributed by atoms with Gasteiger partial charge in [-0.15, -0.1) is 0 Å². The largest absolute Gasteiger partial charge is 0.346 e. The van der Waals surface area contributed by atoms with Gasteiger partial charge in [0.1, 0.15) is 0 Å². The summed E-state index contributed by atoms with van der Waals surface area (Å²) in [6, 6.07) is 43.7. The van der Waals surface area contributed by atoms with E-state index >= 15 is 0 Å². The predicted molar refractivity (Wildman–Crippen MR) is 184 cm³/mol. The number of para-hydroxylation sites is 2. The third-order valence-corrected chi connectivity index (χ3v) is 9.06. The molecule has 0 saturated carbocycles. The Bertz CT molecular complexity index is 2330. The summed E-state index contributed by atoms with van der Waals surface area (Å²) in [6.45, 7) is 0. The van der Waals surface area contributed by atoms with Crippen molar-refractivity contribution in [2.45, 2.75) is 18.8 Å². The molecular weight excluding hydrogens is 536 g/mol. The summed E-state index contributed by atoms with van der Waals surface area (Å²) in [4.78, 5) is 5.36. The van der Waals surface area contributed by atoms with Gasteiger partial charge in [0.25, 0.3) is 0 Å².